The lowest BCUT2D eigenvalue weighted by Gasteiger charge is -2.31. The van der Waals surface area contributed by atoms with Gasteiger partial charge in [-0.15, -0.1) is 0 Å². The van der Waals surface area contributed by atoms with Gasteiger partial charge >= 0.3 is 5.97 Å². The highest BCUT2D eigenvalue weighted by Crippen LogP contribution is 2.36. The molecule has 0 saturated carbocycles. The predicted octanol–water partition coefficient (Wildman–Crippen LogP) is 5.96. The topological polar surface area (TPSA) is 114 Å². The summed E-state index contributed by atoms with van der Waals surface area (Å²) in [6, 6.07) is 14.2. The molecule has 11 heteroatoms. The lowest BCUT2D eigenvalue weighted by atomic mass is 9.93. The standard InChI is InChI=1S/C34H34ClFN4O5/c1-21-7-3-11-31(22(21)2)45-14-6-12-32(41)40-13-5-9-26-25(8-4-10-30(26)40)24-17-38-39(19-24)20-27-28(35)15-23(16-29(27)36)34(44)37-18-33(42)43/h3-4,7-8,10-11,15-17,19H,5-6,9,12-14,18,20H2,1-2H3,(H,37,44)(H,42,43). The van der Waals surface area contributed by atoms with E-state index in [1.54, 1.807) is 17.1 Å². The Labute approximate surface area is 265 Å². The van der Waals surface area contributed by atoms with Gasteiger partial charge in [0.1, 0.15) is 18.1 Å². The number of amides is 2. The van der Waals surface area contributed by atoms with Gasteiger partial charge in [0.2, 0.25) is 5.91 Å². The quantitative estimate of drug-likeness (QED) is 0.197. The first-order valence-electron chi connectivity index (χ1n) is 14.7. The molecule has 0 radical (unpaired) electrons. The van der Waals surface area contributed by atoms with Crippen LogP contribution in [0.25, 0.3) is 11.1 Å². The van der Waals surface area contributed by atoms with Crippen molar-refractivity contribution in [2.45, 2.75) is 46.1 Å². The molecule has 2 heterocycles. The summed E-state index contributed by atoms with van der Waals surface area (Å²) >= 11 is 6.32. The van der Waals surface area contributed by atoms with Crippen LogP contribution in [-0.2, 0) is 22.6 Å². The number of anilines is 1. The van der Waals surface area contributed by atoms with E-state index in [2.05, 4.69) is 10.4 Å². The average molecular weight is 633 g/mol. The van der Waals surface area contributed by atoms with Crippen LogP contribution in [0.1, 0.15) is 51.9 Å². The second-order valence-electron chi connectivity index (χ2n) is 11.0. The van der Waals surface area contributed by atoms with Gasteiger partial charge in [-0.05, 0) is 79.6 Å². The molecule has 0 unspecified atom stereocenters. The fourth-order valence-electron chi connectivity index (χ4n) is 5.47. The molecule has 5 rings (SSSR count). The van der Waals surface area contributed by atoms with Gasteiger partial charge in [0, 0.05) is 46.6 Å². The van der Waals surface area contributed by atoms with Gasteiger partial charge < -0.3 is 20.1 Å². The van der Waals surface area contributed by atoms with Crippen LogP contribution in [0.3, 0.4) is 0 Å². The average Bonchev–Trinajstić information content (AvgIpc) is 3.49. The van der Waals surface area contributed by atoms with Gasteiger partial charge in [-0.2, -0.15) is 5.10 Å². The number of benzene rings is 3. The molecule has 1 aliphatic rings. The summed E-state index contributed by atoms with van der Waals surface area (Å²) < 4.78 is 22.5. The highest BCUT2D eigenvalue weighted by Gasteiger charge is 2.25. The van der Waals surface area contributed by atoms with Crippen molar-refractivity contribution in [3.63, 3.8) is 0 Å². The molecule has 4 aromatic rings. The van der Waals surface area contributed by atoms with Crippen molar-refractivity contribution >= 4 is 35.1 Å². The Bertz CT molecular complexity index is 1730. The van der Waals surface area contributed by atoms with Crippen LogP contribution in [0.4, 0.5) is 10.1 Å². The summed E-state index contributed by atoms with van der Waals surface area (Å²) in [4.78, 5) is 38.0. The normalized spacial score (nSPS) is 12.5. The molecular weight excluding hydrogens is 599 g/mol. The van der Waals surface area contributed by atoms with E-state index in [-0.39, 0.29) is 28.6 Å². The molecule has 45 heavy (non-hydrogen) atoms. The summed E-state index contributed by atoms with van der Waals surface area (Å²) in [5.74, 6) is -1.75. The van der Waals surface area contributed by atoms with Crippen LogP contribution in [-0.4, -0.2) is 52.4 Å². The number of fused-ring (bicyclic) bond motifs is 1. The van der Waals surface area contributed by atoms with Crippen molar-refractivity contribution in [2.24, 2.45) is 0 Å². The Morgan fingerprint density at radius 3 is 2.71 bits per heavy atom. The van der Waals surface area contributed by atoms with E-state index in [1.165, 1.54) is 11.6 Å². The first-order chi connectivity index (χ1) is 21.6. The molecule has 0 bridgehead atoms. The van der Waals surface area contributed by atoms with Gasteiger partial charge in [0.15, 0.2) is 0 Å². The molecule has 0 atom stereocenters. The molecule has 0 fully saturated rings. The highest BCUT2D eigenvalue weighted by molar-refractivity contribution is 6.31. The number of nitrogens with one attached hydrogen (secondary N) is 1. The van der Waals surface area contributed by atoms with Crippen LogP contribution in [0.15, 0.2) is 60.9 Å². The maximum absolute atomic E-state index is 15.0. The van der Waals surface area contributed by atoms with E-state index in [0.29, 0.717) is 26.0 Å². The highest BCUT2D eigenvalue weighted by atomic mass is 35.5. The van der Waals surface area contributed by atoms with Crippen LogP contribution in [0.2, 0.25) is 5.02 Å². The molecule has 0 aliphatic carbocycles. The summed E-state index contributed by atoms with van der Waals surface area (Å²) in [5, 5.41) is 15.4. The Balaban J connectivity index is 1.26. The number of aryl methyl sites for hydroxylation is 1. The zero-order valence-electron chi connectivity index (χ0n) is 25.1. The first kappa shape index (κ1) is 31.7. The Morgan fingerprint density at radius 1 is 1.13 bits per heavy atom. The predicted molar refractivity (Wildman–Crippen MR) is 169 cm³/mol. The van der Waals surface area contributed by atoms with Gasteiger partial charge in [-0.25, -0.2) is 4.39 Å². The molecule has 9 nitrogen and oxygen atoms in total. The van der Waals surface area contributed by atoms with E-state index in [0.717, 1.165) is 52.6 Å². The first-order valence-corrected chi connectivity index (χ1v) is 15.1. The minimum absolute atomic E-state index is 0.0193. The zero-order valence-corrected chi connectivity index (χ0v) is 25.9. The van der Waals surface area contributed by atoms with Gasteiger partial charge in [0.25, 0.3) is 5.91 Å². The molecule has 1 aromatic heterocycles. The number of carbonyl (C=O) groups excluding carboxylic acids is 2. The summed E-state index contributed by atoms with van der Waals surface area (Å²) in [6.45, 7) is 4.61. The van der Waals surface area contributed by atoms with E-state index in [1.807, 2.05) is 55.1 Å². The Morgan fingerprint density at radius 2 is 1.93 bits per heavy atom. The minimum atomic E-state index is -1.21. The van der Waals surface area contributed by atoms with Crippen LogP contribution in [0.5, 0.6) is 5.75 Å². The smallest absolute Gasteiger partial charge is 0.322 e. The number of carboxylic acids is 1. The van der Waals surface area contributed by atoms with Crippen molar-refractivity contribution in [2.75, 3.05) is 24.6 Å². The lowest BCUT2D eigenvalue weighted by molar-refractivity contribution is -0.135. The number of aliphatic carboxylic acids is 1. The van der Waals surface area contributed by atoms with Crippen LogP contribution < -0.4 is 15.0 Å². The monoisotopic (exact) mass is 632 g/mol. The van der Waals surface area contributed by atoms with Gasteiger partial charge in [-0.3, -0.25) is 19.1 Å². The molecule has 3 aromatic carbocycles. The molecular formula is C34H34ClFN4O5. The Hall–Kier alpha value is -4.70. The third-order valence-electron chi connectivity index (χ3n) is 7.97. The zero-order chi connectivity index (χ0) is 32.1. The summed E-state index contributed by atoms with van der Waals surface area (Å²) in [5.41, 5.74) is 6.07. The SMILES string of the molecule is Cc1cccc(OCCCC(=O)N2CCCc3c(-c4cnn(Cc5c(F)cc(C(=O)NCC(=O)O)cc5Cl)c4)cccc32)c1C. The molecule has 2 N–H and O–H groups in total. The van der Waals surface area contributed by atoms with Gasteiger partial charge in [0.05, 0.1) is 19.3 Å². The number of halogens is 2. The maximum atomic E-state index is 15.0. The van der Waals surface area contributed by atoms with E-state index in [9.17, 15) is 18.8 Å². The van der Waals surface area contributed by atoms with E-state index >= 15 is 0 Å². The Kier molecular flexibility index (Phi) is 9.83. The fraction of sp³-hybridized carbons (Fsp3) is 0.294. The molecule has 1 aliphatic heterocycles. The van der Waals surface area contributed by atoms with Crippen molar-refractivity contribution < 1.29 is 28.6 Å². The van der Waals surface area contributed by atoms with Crippen molar-refractivity contribution in [1.29, 1.82) is 0 Å². The number of hydrogen-bond donors (Lipinski definition) is 2. The summed E-state index contributed by atoms with van der Waals surface area (Å²) in [7, 11) is 0. The number of nitrogens with zero attached hydrogens (tertiary/aromatic N) is 3. The molecule has 0 saturated heterocycles. The summed E-state index contributed by atoms with van der Waals surface area (Å²) in [6.07, 6.45) is 6.11. The van der Waals surface area contributed by atoms with Gasteiger partial charge in [-0.1, -0.05) is 35.9 Å². The number of hydrogen-bond acceptors (Lipinski definition) is 5. The number of rotatable bonds is 11. The second-order valence-corrected chi connectivity index (χ2v) is 11.4. The largest absolute Gasteiger partial charge is 0.493 e. The fourth-order valence-corrected chi connectivity index (χ4v) is 5.74. The van der Waals surface area contributed by atoms with Crippen molar-refractivity contribution in [1.82, 2.24) is 15.1 Å². The number of aromatic nitrogens is 2. The number of carboxylic acid groups (broad SMARTS) is 1. The molecule has 234 valence electrons. The van der Waals surface area contributed by atoms with Crippen molar-refractivity contribution in [3.05, 3.63) is 99.6 Å². The number of ether oxygens (including phenoxy) is 1. The molecule has 2 amide bonds. The van der Waals surface area contributed by atoms with E-state index in [4.69, 9.17) is 21.4 Å². The number of carbonyl (C=O) groups is 3. The third kappa shape index (κ3) is 7.34. The van der Waals surface area contributed by atoms with Crippen LogP contribution >= 0.6 is 11.6 Å². The maximum Gasteiger partial charge on any atom is 0.322 e. The van der Waals surface area contributed by atoms with E-state index < -0.39 is 24.2 Å². The van der Waals surface area contributed by atoms with Crippen LogP contribution in [0, 0.1) is 19.7 Å². The third-order valence-corrected chi connectivity index (χ3v) is 8.30. The second kappa shape index (κ2) is 13.9. The minimum Gasteiger partial charge on any atom is -0.493 e. The lowest BCUT2D eigenvalue weighted by Crippen LogP contribution is -2.35. The molecule has 0 spiro atoms. The van der Waals surface area contributed by atoms with Crippen molar-refractivity contribution in [3.8, 4) is 16.9 Å².